The summed E-state index contributed by atoms with van der Waals surface area (Å²) >= 11 is 0. The molecule has 1 heterocycles. The summed E-state index contributed by atoms with van der Waals surface area (Å²) in [5, 5.41) is 0. The summed E-state index contributed by atoms with van der Waals surface area (Å²) in [7, 11) is 1.21. The zero-order valence-corrected chi connectivity index (χ0v) is 14.9. The van der Waals surface area contributed by atoms with Crippen molar-refractivity contribution in [2.45, 2.75) is 30.3 Å². The van der Waals surface area contributed by atoms with Gasteiger partial charge in [0.05, 0.1) is 20.8 Å². The summed E-state index contributed by atoms with van der Waals surface area (Å²) in [5.74, 6) is 0.817. The van der Waals surface area contributed by atoms with Crippen LogP contribution in [0.3, 0.4) is 0 Å². The van der Waals surface area contributed by atoms with Crippen LogP contribution in [0.2, 0.25) is 0 Å². The normalized spacial score (nSPS) is 14.8. The van der Waals surface area contributed by atoms with E-state index in [4.69, 9.17) is 9.47 Å². The molecule has 0 atom stereocenters. The SMILES string of the molecule is COc1ccc(OC)c(S(=O)(=O)N(Cc2cccn2C)C2CC2)c1. The van der Waals surface area contributed by atoms with Crippen molar-refractivity contribution in [1.82, 2.24) is 8.87 Å². The van der Waals surface area contributed by atoms with Gasteiger partial charge in [-0.1, -0.05) is 0 Å². The molecule has 7 heteroatoms. The highest BCUT2D eigenvalue weighted by Crippen LogP contribution is 2.37. The Hall–Kier alpha value is -1.99. The fourth-order valence-corrected chi connectivity index (χ4v) is 4.53. The minimum atomic E-state index is -3.69. The number of methoxy groups -OCH3 is 2. The Balaban J connectivity index is 2.02. The first-order valence-electron chi connectivity index (χ1n) is 7.81. The third kappa shape index (κ3) is 3.14. The molecule has 1 aromatic carbocycles. The lowest BCUT2D eigenvalue weighted by Crippen LogP contribution is -2.33. The van der Waals surface area contributed by atoms with Gasteiger partial charge in [-0.15, -0.1) is 0 Å². The van der Waals surface area contributed by atoms with Gasteiger partial charge < -0.3 is 14.0 Å². The molecule has 3 rings (SSSR count). The number of aromatic nitrogens is 1. The molecule has 24 heavy (non-hydrogen) atoms. The third-order valence-corrected chi connectivity index (χ3v) is 6.20. The molecule has 0 radical (unpaired) electrons. The summed E-state index contributed by atoms with van der Waals surface area (Å²) < 4.78 is 40.5. The number of hydrogen-bond donors (Lipinski definition) is 0. The fourth-order valence-electron chi connectivity index (χ4n) is 2.71. The number of rotatable bonds is 7. The predicted molar refractivity (Wildman–Crippen MR) is 90.7 cm³/mol. The van der Waals surface area contributed by atoms with Gasteiger partial charge in [0.15, 0.2) is 0 Å². The first-order valence-corrected chi connectivity index (χ1v) is 9.25. The molecule has 6 nitrogen and oxygen atoms in total. The van der Waals surface area contributed by atoms with Crippen molar-refractivity contribution in [1.29, 1.82) is 0 Å². The van der Waals surface area contributed by atoms with Crippen molar-refractivity contribution in [2.24, 2.45) is 7.05 Å². The van der Waals surface area contributed by atoms with Crippen molar-refractivity contribution in [3.63, 3.8) is 0 Å². The van der Waals surface area contributed by atoms with Gasteiger partial charge in [-0.05, 0) is 37.1 Å². The maximum Gasteiger partial charge on any atom is 0.247 e. The van der Waals surface area contributed by atoms with Crippen LogP contribution in [0.5, 0.6) is 11.5 Å². The Kier molecular flexibility index (Phi) is 4.56. The van der Waals surface area contributed by atoms with Crippen LogP contribution in [0.25, 0.3) is 0 Å². The molecule has 1 aliphatic carbocycles. The second kappa shape index (κ2) is 6.49. The fraction of sp³-hybridized carbons (Fsp3) is 0.412. The molecule has 1 saturated carbocycles. The number of ether oxygens (including phenoxy) is 2. The van der Waals surface area contributed by atoms with Gasteiger partial charge in [0.25, 0.3) is 0 Å². The van der Waals surface area contributed by atoms with Gasteiger partial charge in [-0.3, -0.25) is 0 Å². The molecule has 1 aromatic heterocycles. The maximum atomic E-state index is 13.3. The van der Waals surface area contributed by atoms with Gasteiger partial charge in [0, 0.05) is 31.0 Å². The number of benzene rings is 1. The molecule has 130 valence electrons. The van der Waals surface area contributed by atoms with Gasteiger partial charge in [-0.2, -0.15) is 4.31 Å². The van der Waals surface area contributed by atoms with E-state index in [1.165, 1.54) is 20.3 Å². The standard InChI is InChI=1S/C17H22N2O4S/c1-18-10-4-5-14(18)12-19(13-6-7-13)24(20,21)17-11-15(22-2)8-9-16(17)23-3/h4-5,8-11,13H,6-7,12H2,1-3H3. The lowest BCUT2D eigenvalue weighted by molar-refractivity contribution is 0.372. The summed E-state index contributed by atoms with van der Waals surface area (Å²) in [4.78, 5) is 0.144. The first-order chi connectivity index (χ1) is 11.5. The maximum absolute atomic E-state index is 13.3. The molecular formula is C17H22N2O4S. The quantitative estimate of drug-likeness (QED) is 0.769. The van der Waals surface area contributed by atoms with E-state index in [0.717, 1.165) is 18.5 Å². The summed E-state index contributed by atoms with van der Waals surface area (Å²) in [6.45, 7) is 0.344. The smallest absolute Gasteiger partial charge is 0.247 e. The molecule has 1 fully saturated rings. The molecule has 0 spiro atoms. The molecule has 0 aliphatic heterocycles. The second-order valence-electron chi connectivity index (χ2n) is 5.91. The minimum absolute atomic E-state index is 0.0424. The molecule has 2 aromatic rings. The van der Waals surface area contributed by atoms with Gasteiger partial charge in [0.1, 0.15) is 16.4 Å². The molecule has 1 aliphatic rings. The molecule has 0 N–H and O–H groups in total. The molecule has 0 saturated heterocycles. The Morgan fingerprint density at radius 1 is 1.21 bits per heavy atom. The van der Waals surface area contributed by atoms with Crippen LogP contribution < -0.4 is 9.47 Å². The zero-order chi connectivity index (χ0) is 17.3. The van der Waals surface area contributed by atoms with Crippen LogP contribution in [0, 0.1) is 0 Å². The summed E-state index contributed by atoms with van der Waals surface area (Å²) in [5.41, 5.74) is 0.951. The van der Waals surface area contributed by atoms with E-state index in [0.29, 0.717) is 18.0 Å². The third-order valence-electron chi connectivity index (χ3n) is 4.28. The van der Waals surface area contributed by atoms with Gasteiger partial charge in [-0.25, -0.2) is 8.42 Å². The van der Waals surface area contributed by atoms with Crippen molar-refractivity contribution < 1.29 is 17.9 Å². The van der Waals surface area contributed by atoms with E-state index in [1.54, 1.807) is 16.4 Å². The van der Waals surface area contributed by atoms with Crippen LogP contribution in [-0.2, 0) is 23.6 Å². The summed E-state index contributed by atoms with van der Waals surface area (Å²) in [6, 6.07) is 8.73. The monoisotopic (exact) mass is 350 g/mol. The van der Waals surface area contributed by atoms with Crippen LogP contribution in [0.1, 0.15) is 18.5 Å². The Labute approximate surface area is 142 Å². The molecular weight excluding hydrogens is 328 g/mol. The van der Waals surface area contributed by atoms with Crippen LogP contribution >= 0.6 is 0 Å². The van der Waals surface area contributed by atoms with Crippen molar-refractivity contribution >= 4 is 10.0 Å². The van der Waals surface area contributed by atoms with Crippen LogP contribution in [-0.4, -0.2) is 37.6 Å². The van der Waals surface area contributed by atoms with E-state index in [1.807, 2.05) is 29.9 Å². The van der Waals surface area contributed by atoms with Crippen molar-refractivity contribution in [3.05, 3.63) is 42.2 Å². The highest BCUT2D eigenvalue weighted by Gasteiger charge is 2.39. The molecule has 0 amide bonds. The number of sulfonamides is 1. The molecule has 0 bridgehead atoms. The average Bonchev–Trinajstić information content (AvgIpc) is 3.34. The molecule has 0 unspecified atom stereocenters. The van der Waals surface area contributed by atoms with Crippen LogP contribution in [0.4, 0.5) is 0 Å². The Morgan fingerprint density at radius 3 is 2.50 bits per heavy atom. The zero-order valence-electron chi connectivity index (χ0n) is 14.1. The first kappa shape index (κ1) is 16.9. The lowest BCUT2D eigenvalue weighted by Gasteiger charge is -2.23. The number of aryl methyl sites for hydroxylation is 1. The lowest BCUT2D eigenvalue weighted by atomic mass is 10.3. The topological polar surface area (TPSA) is 60.8 Å². The van der Waals surface area contributed by atoms with Gasteiger partial charge >= 0.3 is 0 Å². The predicted octanol–water partition coefficient (Wildman–Crippen LogP) is 2.40. The largest absolute Gasteiger partial charge is 0.497 e. The van der Waals surface area contributed by atoms with Crippen LogP contribution in [0.15, 0.2) is 41.4 Å². The van der Waals surface area contributed by atoms with Crippen molar-refractivity contribution in [3.8, 4) is 11.5 Å². The minimum Gasteiger partial charge on any atom is -0.497 e. The second-order valence-corrected chi connectivity index (χ2v) is 7.77. The van der Waals surface area contributed by atoms with E-state index < -0.39 is 10.0 Å². The Morgan fingerprint density at radius 2 is 1.96 bits per heavy atom. The highest BCUT2D eigenvalue weighted by molar-refractivity contribution is 7.89. The highest BCUT2D eigenvalue weighted by atomic mass is 32.2. The average molecular weight is 350 g/mol. The van der Waals surface area contributed by atoms with E-state index in [2.05, 4.69) is 0 Å². The number of hydrogen-bond acceptors (Lipinski definition) is 4. The van der Waals surface area contributed by atoms with E-state index >= 15 is 0 Å². The van der Waals surface area contributed by atoms with E-state index in [-0.39, 0.29) is 10.9 Å². The van der Waals surface area contributed by atoms with Gasteiger partial charge in [0.2, 0.25) is 10.0 Å². The number of nitrogens with zero attached hydrogens (tertiary/aromatic N) is 2. The Bertz CT molecular complexity index is 825. The van der Waals surface area contributed by atoms with Crippen molar-refractivity contribution in [2.75, 3.05) is 14.2 Å². The summed E-state index contributed by atoms with van der Waals surface area (Å²) in [6.07, 6.45) is 3.69. The van der Waals surface area contributed by atoms with E-state index in [9.17, 15) is 8.42 Å².